The Hall–Kier alpha value is -3.01. The molecule has 0 radical (unpaired) electrons. The molecule has 0 saturated carbocycles. The predicted octanol–water partition coefficient (Wildman–Crippen LogP) is 1.89. The van der Waals surface area contributed by atoms with Crippen LogP contribution in [0.3, 0.4) is 0 Å². The molecule has 1 aromatic heterocycles. The lowest BCUT2D eigenvalue weighted by atomic mass is 9.96. The number of furan rings is 1. The number of anilines is 1. The number of carbonyl (C=O) groups excluding carboxylic acids is 2. The monoisotopic (exact) mass is 434 g/mol. The summed E-state index contributed by atoms with van der Waals surface area (Å²) in [6, 6.07) is 10.2. The fraction of sp³-hybridized carbons (Fsp3) is 0.400. The van der Waals surface area contributed by atoms with E-state index in [1.54, 1.807) is 47.6 Å². The normalized spacial score (nSPS) is 14.9. The molecule has 0 atom stereocenters. The third-order valence-corrected chi connectivity index (χ3v) is 5.50. The number of rotatable bonds is 7. The highest BCUT2D eigenvalue weighted by molar-refractivity contribution is 7.92. The Labute approximate surface area is 175 Å². The van der Waals surface area contributed by atoms with E-state index in [2.05, 4.69) is 15.4 Å². The molecule has 1 aromatic carbocycles. The third-order valence-electron chi connectivity index (χ3n) is 4.91. The average molecular weight is 435 g/mol. The molecule has 0 bridgehead atoms. The first kappa shape index (κ1) is 21.7. The first-order chi connectivity index (χ1) is 14.3. The molecule has 1 fully saturated rings. The van der Waals surface area contributed by atoms with Gasteiger partial charge in [0.1, 0.15) is 5.76 Å². The molecule has 3 rings (SSSR count). The molecular weight excluding hydrogens is 408 g/mol. The largest absolute Gasteiger partial charge is 0.467 e. The molecule has 1 aliphatic heterocycles. The first-order valence-corrected chi connectivity index (χ1v) is 11.6. The Bertz CT molecular complexity index is 967. The highest BCUT2D eigenvalue weighted by Gasteiger charge is 2.27. The number of urea groups is 1. The van der Waals surface area contributed by atoms with Crippen molar-refractivity contribution in [1.29, 1.82) is 0 Å². The quantitative estimate of drug-likeness (QED) is 0.615. The average Bonchev–Trinajstić information content (AvgIpc) is 3.24. The molecule has 3 amide bonds. The van der Waals surface area contributed by atoms with Gasteiger partial charge in [-0.15, -0.1) is 0 Å². The van der Waals surface area contributed by atoms with Crippen LogP contribution in [0.5, 0.6) is 0 Å². The van der Waals surface area contributed by atoms with Gasteiger partial charge in [0, 0.05) is 25.6 Å². The van der Waals surface area contributed by atoms with Crippen LogP contribution in [0, 0.1) is 5.92 Å². The van der Waals surface area contributed by atoms with E-state index in [4.69, 9.17) is 4.42 Å². The zero-order chi connectivity index (χ0) is 21.6. The van der Waals surface area contributed by atoms with E-state index in [1.807, 2.05) is 0 Å². The third kappa shape index (κ3) is 6.24. The lowest BCUT2D eigenvalue weighted by molar-refractivity contribution is -0.126. The van der Waals surface area contributed by atoms with Gasteiger partial charge in [0.15, 0.2) is 0 Å². The molecule has 2 heterocycles. The summed E-state index contributed by atoms with van der Waals surface area (Å²) in [4.78, 5) is 26.5. The fourth-order valence-corrected chi connectivity index (χ4v) is 3.93. The lowest BCUT2D eigenvalue weighted by Gasteiger charge is -2.31. The van der Waals surface area contributed by atoms with Crippen molar-refractivity contribution >= 4 is 27.6 Å². The van der Waals surface area contributed by atoms with Crippen LogP contribution in [0.25, 0.3) is 0 Å². The molecule has 3 N–H and O–H groups in total. The molecule has 1 saturated heterocycles. The minimum absolute atomic E-state index is 0.0350. The molecule has 0 spiro atoms. The number of piperidine rings is 1. The van der Waals surface area contributed by atoms with Crippen LogP contribution in [0.2, 0.25) is 0 Å². The van der Waals surface area contributed by atoms with Crippen LogP contribution in [0.4, 0.5) is 10.5 Å². The summed E-state index contributed by atoms with van der Waals surface area (Å²) in [5, 5.41) is 5.68. The number of benzene rings is 1. The number of hydrogen-bond donors (Lipinski definition) is 3. The van der Waals surface area contributed by atoms with Crippen LogP contribution in [0.15, 0.2) is 47.1 Å². The minimum Gasteiger partial charge on any atom is -0.467 e. The van der Waals surface area contributed by atoms with E-state index in [0.717, 1.165) is 6.26 Å². The highest BCUT2D eigenvalue weighted by atomic mass is 32.2. The topological polar surface area (TPSA) is 121 Å². The van der Waals surface area contributed by atoms with Gasteiger partial charge in [-0.2, -0.15) is 0 Å². The molecular formula is C20H26N4O5S. The number of nitrogens with one attached hydrogen (secondary N) is 3. The van der Waals surface area contributed by atoms with E-state index in [0.29, 0.717) is 49.5 Å². The van der Waals surface area contributed by atoms with E-state index >= 15 is 0 Å². The van der Waals surface area contributed by atoms with Crippen molar-refractivity contribution in [2.45, 2.75) is 25.9 Å². The Morgan fingerprint density at radius 1 is 1.07 bits per heavy atom. The van der Waals surface area contributed by atoms with Crippen LogP contribution < -0.4 is 15.4 Å². The molecule has 0 aliphatic carbocycles. The van der Waals surface area contributed by atoms with Crippen molar-refractivity contribution in [1.82, 2.24) is 15.5 Å². The Morgan fingerprint density at radius 3 is 2.47 bits per heavy atom. The van der Waals surface area contributed by atoms with Crippen LogP contribution in [-0.2, 0) is 27.9 Å². The van der Waals surface area contributed by atoms with Crippen molar-refractivity contribution in [2.75, 3.05) is 24.1 Å². The maximum absolute atomic E-state index is 12.5. The van der Waals surface area contributed by atoms with Gasteiger partial charge in [-0.1, -0.05) is 18.2 Å². The van der Waals surface area contributed by atoms with Crippen LogP contribution in [-0.4, -0.2) is 44.6 Å². The highest BCUT2D eigenvalue weighted by Crippen LogP contribution is 2.19. The maximum atomic E-state index is 12.5. The fourth-order valence-electron chi connectivity index (χ4n) is 3.33. The van der Waals surface area contributed by atoms with Crippen LogP contribution >= 0.6 is 0 Å². The molecule has 1 aliphatic rings. The number of likely N-dealkylation sites (tertiary alicyclic amines) is 1. The minimum atomic E-state index is -3.41. The standard InChI is InChI=1S/C20H26N4O5S/c1-30(27,28)23-18-7-3-2-5-16(18)13-22-20(26)24-10-8-15(9-11-24)19(25)21-14-17-6-4-12-29-17/h2-7,12,15,23H,8-11,13-14H2,1H3,(H,21,25)(H,22,26). The van der Waals surface area contributed by atoms with Gasteiger partial charge in [0.25, 0.3) is 0 Å². The second kappa shape index (κ2) is 9.66. The number of nitrogens with zero attached hydrogens (tertiary/aromatic N) is 1. The summed E-state index contributed by atoms with van der Waals surface area (Å²) < 4.78 is 30.6. The van der Waals surface area contributed by atoms with Gasteiger partial charge < -0.3 is 20.0 Å². The second-order valence-corrected chi connectivity index (χ2v) is 9.00. The summed E-state index contributed by atoms with van der Waals surface area (Å²) >= 11 is 0. The smallest absolute Gasteiger partial charge is 0.317 e. The number of para-hydroxylation sites is 1. The van der Waals surface area contributed by atoms with E-state index < -0.39 is 10.0 Å². The summed E-state index contributed by atoms with van der Waals surface area (Å²) in [6.07, 6.45) is 3.82. The predicted molar refractivity (Wildman–Crippen MR) is 112 cm³/mol. The number of hydrogen-bond acceptors (Lipinski definition) is 5. The Kier molecular flexibility index (Phi) is 6.99. The summed E-state index contributed by atoms with van der Waals surface area (Å²) in [6.45, 7) is 1.51. The molecule has 0 unspecified atom stereocenters. The first-order valence-electron chi connectivity index (χ1n) is 9.70. The zero-order valence-electron chi connectivity index (χ0n) is 16.8. The van der Waals surface area contributed by atoms with Crippen molar-refractivity contribution in [3.8, 4) is 0 Å². The number of amides is 3. The lowest BCUT2D eigenvalue weighted by Crippen LogP contribution is -2.46. The summed E-state index contributed by atoms with van der Waals surface area (Å²) in [5.41, 5.74) is 1.11. The molecule has 2 aromatic rings. The Balaban J connectivity index is 1.45. The SMILES string of the molecule is CS(=O)(=O)Nc1ccccc1CNC(=O)N1CCC(C(=O)NCc2ccco2)CC1. The second-order valence-electron chi connectivity index (χ2n) is 7.25. The summed E-state index contributed by atoms with van der Waals surface area (Å²) in [7, 11) is -3.41. The van der Waals surface area contributed by atoms with Crippen molar-refractivity contribution in [3.63, 3.8) is 0 Å². The van der Waals surface area contributed by atoms with E-state index in [-0.39, 0.29) is 24.4 Å². The van der Waals surface area contributed by atoms with E-state index in [9.17, 15) is 18.0 Å². The van der Waals surface area contributed by atoms with Crippen molar-refractivity contribution in [2.24, 2.45) is 5.92 Å². The molecule has 9 nitrogen and oxygen atoms in total. The number of carbonyl (C=O) groups is 2. The van der Waals surface area contributed by atoms with Crippen molar-refractivity contribution < 1.29 is 22.4 Å². The molecule has 30 heavy (non-hydrogen) atoms. The van der Waals surface area contributed by atoms with Gasteiger partial charge in [-0.25, -0.2) is 13.2 Å². The molecule has 162 valence electrons. The van der Waals surface area contributed by atoms with Gasteiger partial charge in [-0.3, -0.25) is 9.52 Å². The Morgan fingerprint density at radius 2 is 1.80 bits per heavy atom. The number of sulfonamides is 1. The van der Waals surface area contributed by atoms with E-state index in [1.165, 1.54) is 0 Å². The zero-order valence-corrected chi connectivity index (χ0v) is 17.6. The van der Waals surface area contributed by atoms with Crippen LogP contribution in [0.1, 0.15) is 24.2 Å². The van der Waals surface area contributed by atoms with Gasteiger partial charge in [-0.05, 0) is 36.6 Å². The molecule has 10 heteroatoms. The van der Waals surface area contributed by atoms with Gasteiger partial charge in [0.05, 0.1) is 24.8 Å². The van der Waals surface area contributed by atoms with Crippen molar-refractivity contribution in [3.05, 3.63) is 54.0 Å². The van der Waals surface area contributed by atoms with Gasteiger partial charge in [0.2, 0.25) is 15.9 Å². The maximum Gasteiger partial charge on any atom is 0.317 e. The van der Waals surface area contributed by atoms with Gasteiger partial charge >= 0.3 is 6.03 Å². The summed E-state index contributed by atoms with van der Waals surface area (Å²) in [5.74, 6) is 0.529.